The second-order valence-corrected chi connectivity index (χ2v) is 4.11. The highest BCUT2D eigenvalue weighted by atomic mass is 15.3. The van der Waals surface area contributed by atoms with Gasteiger partial charge in [0.25, 0.3) is 0 Å². The van der Waals surface area contributed by atoms with Gasteiger partial charge in [-0.1, -0.05) is 0 Å². The van der Waals surface area contributed by atoms with Gasteiger partial charge in [-0.15, -0.1) is 0 Å². The van der Waals surface area contributed by atoms with Crippen molar-refractivity contribution in [2.75, 3.05) is 47.3 Å². The Labute approximate surface area is 81.6 Å². The first-order chi connectivity index (χ1) is 6.11. The van der Waals surface area contributed by atoms with Gasteiger partial charge in [-0.05, 0) is 14.1 Å². The first kappa shape index (κ1) is 10.5. The van der Waals surface area contributed by atoms with E-state index in [0.717, 1.165) is 13.1 Å². The molecule has 0 fully saturated rings. The van der Waals surface area contributed by atoms with Crippen LogP contribution in [0.2, 0.25) is 0 Å². The van der Waals surface area contributed by atoms with E-state index in [2.05, 4.69) is 42.4 Å². The molecule has 3 heteroatoms. The third kappa shape index (κ3) is 2.99. The second kappa shape index (κ2) is 4.61. The summed E-state index contributed by atoms with van der Waals surface area (Å²) in [6, 6.07) is 0. The fourth-order valence-electron chi connectivity index (χ4n) is 1.66. The molecule has 0 radical (unpaired) electrons. The minimum Gasteiger partial charge on any atom is -0.306 e. The highest BCUT2D eigenvalue weighted by molar-refractivity contribution is 5.74. The number of hydrogen-bond acceptors (Lipinski definition) is 2. The molecule has 3 nitrogen and oxygen atoms in total. The van der Waals surface area contributed by atoms with Crippen molar-refractivity contribution in [2.24, 2.45) is 0 Å². The van der Waals surface area contributed by atoms with Gasteiger partial charge in [0.1, 0.15) is 0 Å². The molecule has 1 aliphatic heterocycles. The SMILES string of the molecule is CC1=[N+](C)CCCN1CCN(C)C. The van der Waals surface area contributed by atoms with Gasteiger partial charge in [-0.3, -0.25) is 9.48 Å². The Hall–Kier alpha value is -0.570. The Balaban J connectivity index is 2.45. The van der Waals surface area contributed by atoms with E-state index in [0.29, 0.717) is 0 Å². The number of nitrogens with zero attached hydrogens (tertiary/aromatic N) is 3. The number of rotatable bonds is 3. The highest BCUT2D eigenvalue weighted by Crippen LogP contribution is 2.01. The molecule has 0 saturated carbocycles. The van der Waals surface area contributed by atoms with Gasteiger partial charge in [0.2, 0.25) is 5.84 Å². The average Bonchev–Trinajstić information content (AvgIpc) is 2.07. The van der Waals surface area contributed by atoms with Crippen molar-refractivity contribution in [3.63, 3.8) is 0 Å². The summed E-state index contributed by atoms with van der Waals surface area (Å²) in [5.74, 6) is 1.42. The zero-order chi connectivity index (χ0) is 9.84. The standard InChI is InChI=1S/C10H22N3/c1-10-12(4)6-5-7-13(10)9-8-11(2)3/h5-9H2,1-4H3/q+1. The van der Waals surface area contributed by atoms with Crippen LogP contribution in [0.15, 0.2) is 0 Å². The summed E-state index contributed by atoms with van der Waals surface area (Å²) >= 11 is 0. The largest absolute Gasteiger partial charge is 0.306 e. The van der Waals surface area contributed by atoms with Crippen molar-refractivity contribution < 1.29 is 4.58 Å². The van der Waals surface area contributed by atoms with Gasteiger partial charge in [-0.2, -0.15) is 0 Å². The van der Waals surface area contributed by atoms with Crippen LogP contribution in [-0.4, -0.2) is 67.5 Å². The van der Waals surface area contributed by atoms with E-state index >= 15 is 0 Å². The molecule has 0 atom stereocenters. The predicted molar refractivity (Wildman–Crippen MR) is 56.5 cm³/mol. The molecule has 0 N–H and O–H groups in total. The molecule has 13 heavy (non-hydrogen) atoms. The van der Waals surface area contributed by atoms with Gasteiger partial charge in [0.15, 0.2) is 0 Å². The highest BCUT2D eigenvalue weighted by Gasteiger charge is 2.20. The number of amidine groups is 1. The Morgan fingerprint density at radius 2 is 2.15 bits per heavy atom. The maximum atomic E-state index is 2.48. The van der Waals surface area contributed by atoms with Crippen LogP contribution in [0.3, 0.4) is 0 Å². The Morgan fingerprint density at radius 1 is 1.46 bits per heavy atom. The van der Waals surface area contributed by atoms with Crippen LogP contribution in [0.4, 0.5) is 0 Å². The summed E-state index contributed by atoms with van der Waals surface area (Å²) in [4.78, 5) is 4.71. The Morgan fingerprint density at radius 3 is 2.77 bits per heavy atom. The zero-order valence-electron chi connectivity index (χ0n) is 9.38. The lowest BCUT2D eigenvalue weighted by Gasteiger charge is -2.24. The van der Waals surface area contributed by atoms with Crippen molar-refractivity contribution >= 4 is 5.84 Å². The second-order valence-electron chi connectivity index (χ2n) is 4.11. The van der Waals surface area contributed by atoms with Gasteiger partial charge >= 0.3 is 0 Å². The van der Waals surface area contributed by atoms with Crippen molar-refractivity contribution in [3.05, 3.63) is 0 Å². The van der Waals surface area contributed by atoms with Crippen LogP contribution in [0, 0.1) is 0 Å². The van der Waals surface area contributed by atoms with Crippen LogP contribution < -0.4 is 0 Å². The van der Waals surface area contributed by atoms with Gasteiger partial charge in [0, 0.05) is 19.9 Å². The zero-order valence-corrected chi connectivity index (χ0v) is 9.38. The molecule has 1 rings (SSSR count). The summed E-state index contributed by atoms with van der Waals surface area (Å²) < 4.78 is 2.35. The van der Waals surface area contributed by atoms with E-state index in [1.807, 2.05) is 0 Å². The summed E-state index contributed by atoms with van der Waals surface area (Å²) in [5.41, 5.74) is 0. The van der Waals surface area contributed by atoms with Crippen LogP contribution in [0.5, 0.6) is 0 Å². The minimum absolute atomic E-state index is 1.14. The van der Waals surface area contributed by atoms with Crippen LogP contribution >= 0.6 is 0 Å². The van der Waals surface area contributed by atoms with E-state index in [1.165, 1.54) is 25.3 Å². The van der Waals surface area contributed by atoms with Crippen LogP contribution in [-0.2, 0) is 0 Å². The maximum Gasteiger partial charge on any atom is 0.243 e. The minimum atomic E-state index is 1.14. The van der Waals surface area contributed by atoms with Crippen molar-refractivity contribution in [3.8, 4) is 0 Å². The topological polar surface area (TPSA) is 9.49 Å². The molecule has 0 aromatic carbocycles. The molecule has 0 bridgehead atoms. The monoisotopic (exact) mass is 184 g/mol. The van der Waals surface area contributed by atoms with E-state index in [1.54, 1.807) is 0 Å². The Kier molecular flexibility index (Phi) is 3.72. The van der Waals surface area contributed by atoms with E-state index in [4.69, 9.17) is 0 Å². The summed E-state index contributed by atoms with van der Waals surface area (Å²) in [6.45, 7) is 6.96. The van der Waals surface area contributed by atoms with Crippen LogP contribution in [0.25, 0.3) is 0 Å². The van der Waals surface area contributed by atoms with E-state index < -0.39 is 0 Å². The molecular formula is C10H22N3+. The molecule has 0 spiro atoms. The lowest BCUT2D eigenvalue weighted by molar-refractivity contribution is -0.509. The average molecular weight is 184 g/mol. The van der Waals surface area contributed by atoms with Gasteiger partial charge in [-0.25, -0.2) is 0 Å². The van der Waals surface area contributed by atoms with Crippen molar-refractivity contribution in [2.45, 2.75) is 13.3 Å². The molecular weight excluding hydrogens is 162 g/mol. The van der Waals surface area contributed by atoms with Crippen molar-refractivity contribution in [1.82, 2.24) is 9.80 Å². The smallest absolute Gasteiger partial charge is 0.243 e. The predicted octanol–water partition coefficient (Wildman–Crippen LogP) is 0.314. The lowest BCUT2D eigenvalue weighted by atomic mass is 10.3. The third-order valence-corrected chi connectivity index (χ3v) is 2.75. The van der Waals surface area contributed by atoms with E-state index in [9.17, 15) is 0 Å². The molecule has 1 heterocycles. The first-order valence-corrected chi connectivity index (χ1v) is 5.05. The fraction of sp³-hybridized carbons (Fsp3) is 0.900. The normalized spacial score (nSPS) is 18.7. The van der Waals surface area contributed by atoms with Crippen molar-refractivity contribution in [1.29, 1.82) is 0 Å². The number of likely N-dealkylation sites (N-methyl/N-ethyl adjacent to an activating group) is 1. The molecule has 76 valence electrons. The fourth-order valence-corrected chi connectivity index (χ4v) is 1.66. The summed E-state index contributed by atoms with van der Waals surface area (Å²) in [6.07, 6.45) is 1.29. The maximum absolute atomic E-state index is 2.48. The molecule has 0 aliphatic carbocycles. The molecule has 1 aliphatic rings. The first-order valence-electron chi connectivity index (χ1n) is 5.05. The molecule has 0 aromatic rings. The van der Waals surface area contributed by atoms with Gasteiger partial charge < -0.3 is 4.90 Å². The lowest BCUT2D eigenvalue weighted by Crippen LogP contribution is -2.44. The summed E-state index contributed by atoms with van der Waals surface area (Å²) in [5, 5.41) is 0. The quantitative estimate of drug-likeness (QED) is 0.584. The number of hydrogen-bond donors (Lipinski definition) is 0. The van der Waals surface area contributed by atoms with Gasteiger partial charge in [0.05, 0.1) is 26.7 Å². The Bertz CT molecular complexity index is 196. The molecule has 0 unspecified atom stereocenters. The van der Waals surface area contributed by atoms with Crippen LogP contribution in [0.1, 0.15) is 13.3 Å². The molecule has 0 saturated heterocycles. The molecule has 0 aromatic heterocycles. The third-order valence-electron chi connectivity index (χ3n) is 2.75. The summed E-state index contributed by atoms with van der Waals surface area (Å²) in [7, 11) is 6.43. The van der Waals surface area contributed by atoms with E-state index in [-0.39, 0.29) is 0 Å². The molecule has 0 amide bonds.